The van der Waals surface area contributed by atoms with Crippen LogP contribution in [0.4, 0.5) is 4.39 Å². The van der Waals surface area contributed by atoms with Crippen LogP contribution in [0.2, 0.25) is 0 Å². The Balaban J connectivity index is 1.33. The summed E-state index contributed by atoms with van der Waals surface area (Å²) < 4.78 is 15.0. The van der Waals surface area contributed by atoms with Crippen LogP contribution < -0.4 is 11.1 Å². The van der Waals surface area contributed by atoms with E-state index in [9.17, 15) is 14.0 Å². The summed E-state index contributed by atoms with van der Waals surface area (Å²) in [6.07, 6.45) is 2.83. The van der Waals surface area contributed by atoms with Gasteiger partial charge in [-0.3, -0.25) is 9.59 Å². The van der Waals surface area contributed by atoms with Crippen molar-refractivity contribution in [3.63, 3.8) is 0 Å². The summed E-state index contributed by atoms with van der Waals surface area (Å²) in [5.74, 6) is 0.260. The smallest absolute Gasteiger partial charge is 0.282 e. The summed E-state index contributed by atoms with van der Waals surface area (Å²) in [5, 5.41) is 21.0. The molecule has 9 nitrogen and oxygen atoms in total. The Hall–Kier alpha value is -2.86. The van der Waals surface area contributed by atoms with Crippen LogP contribution in [-0.4, -0.2) is 36.8 Å². The number of carbonyl (C=O) groups is 2. The Morgan fingerprint density at radius 2 is 1.97 bits per heavy atom. The average molecular weight is 462 g/mol. The lowest BCUT2D eigenvalue weighted by molar-refractivity contribution is -0.118. The van der Waals surface area contributed by atoms with Gasteiger partial charge in [0.05, 0.1) is 5.75 Å². The lowest BCUT2D eigenvalue weighted by atomic mass is 10.2. The van der Waals surface area contributed by atoms with Crippen LogP contribution >= 0.6 is 23.1 Å². The third-order valence-electron chi connectivity index (χ3n) is 4.59. The maximum absolute atomic E-state index is 13.0. The fraction of sp³-hybridized carbons (Fsp3) is 0.368. The Labute approximate surface area is 185 Å². The molecule has 0 bridgehead atoms. The summed E-state index contributed by atoms with van der Waals surface area (Å²) in [6.45, 7) is 0.279. The maximum atomic E-state index is 13.0. The molecule has 0 spiro atoms. The third-order valence-corrected chi connectivity index (χ3v) is 6.65. The van der Waals surface area contributed by atoms with Gasteiger partial charge in [-0.2, -0.15) is 0 Å². The minimum absolute atomic E-state index is 0.238. The van der Waals surface area contributed by atoms with Gasteiger partial charge in [-0.1, -0.05) is 35.2 Å². The molecular formula is C19H20FN7O2S2. The van der Waals surface area contributed by atoms with E-state index in [0.29, 0.717) is 23.2 Å². The molecule has 0 unspecified atom stereocenters. The molecular weight excluding hydrogens is 441 g/mol. The number of halogens is 1. The van der Waals surface area contributed by atoms with Gasteiger partial charge in [0.15, 0.2) is 5.16 Å². The molecule has 2 aromatic heterocycles. The zero-order valence-corrected chi connectivity index (χ0v) is 18.1. The van der Waals surface area contributed by atoms with Crippen molar-refractivity contribution < 1.29 is 14.0 Å². The molecule has 2 amide bonds. The highest BCUT2D eigenvalue weighted by Crippen LogP contribution is 2.39. The molecule has 1 fully saturated rings. The van der Waals surface area contributed by atoms with Gasteiger partial charge in [0.1, 0.15) is 16.6 Å². The van der Waals surface area contributed by atoms with Gasteiger partial charge in [0.25, 0.3) is 5.91 Å². The number of rotatable bonds is 10. The van der Waals surface area contributed by atoms with Crippen LogP contribution in [0.25, 0.3) is 0 Å². The number of amides is 2. The molecule has 1 aliphatic rings. The summed E-state index contributed by atoms with van der Waals surface area (Å²) in [5.41, 5.74) is 6.04. The highest BCUT2D eigenvalue weighted by Gasteiger charge is 2.29. The van der Waals surface area contributed by atoms with Gasteiger partial charge < -0.3 is 15.6 Å². The molecule has 1 aliphatic carbocycles. The van der Waals surface area contributed by atoms with Crippen molar-refractivity contribution in [3.8, 4) is 0 Å². The molecule has 3 aromatic rings. The van der Waals surface area contributed by atoms with Crippen molar-refractivity contribution in [2.75, 3.05) is 0 Å². The molecule has 0 atom stereocenters. The van der Waals surface area contributed by atoms with E-state index in [-0.39, 0.29) is 35.6 Å². The molecule has 3 N–H and O–H groups in total. The van der Waals surface area contributed by atoms with Gasteiger partial charge >= 0.3 is 0 Å². The van der Waals surface area contributed by atoms with Gasteiger partial charge in [0.2, 0.25) is 10.9 Å². The van der Waals surface area contributed by atoms with Crippen molar-refractivity contribution in [2.45, 2.75) is 49.2 Å². The second-order valence-corrected chi connectivity index (χ2v) is 9.07. The van der Waals surface area contributed by atoms with E-state index in [4.69, 9.17) is 5.73 Å². The number of thioether (sulfide) groups is 1. The first-order valence-corrected chi connectivity index (χ1v) is 11.5. The number of aromatic nitrogens is 5. The monoisotopic (exact) mass is 461 g/mol. The van der Waals surface area contributed by atoms with E-state index < -0.39 is 0 Å². The molecule has 2 heterocycles. The predicted octanol–water partition coefficient (Wildman–Crippen LogP) is 2.24. The SMILES string of the molecule is NC(=O)CCc1nnc(SCc2nnc(C(=O)NCc3ccc(F)cc3)s2)n1C1CC1. The molecule has 1 aromatic carbocycles. The number of nitrogens with two attached hydrogens (primary N) is 1. The van der Waals surface area contributed by atoms with Crippen molar-refractivity contribution in [3.05, 3.63) is 51.5 Å². The van der Waals surface area contributed by atoms with Crippen LogP contribution in [0.15, 0.2) is 29.4 Å². The second-order valence-electron chi connectivity index (χ2n) is 7.07. The van der Waals surface area contributed by atoms with Crippen molar-refractivity contribution in [2.24, 2.45) is 5.73 Å². The van der Waals surface area contributed by atoms with E-state index in [0.717, 1.165) is 29.4 Å². The number of carbonyl (C=O) groups excluding carboxylic acids is 2. The van der Waals surface area contributed by atoms with Crippen LogP contribution in [0, 0.1) is 5.82 Å². The average Bonchev–Trinajstić information content (AvgIpc) is 3.33. The normalized spacial score (nSPS) is 13.3. The van der Waals surface area contributed by atoms with E-state index in [2.05, 4.69) is 30.3 Å². The van der Waals surface area contributed by atoms with Crippen LogP contribution in [0.5, 0.6) is 0 Å². The number of primary amides is 1. The summed E-state index contributed by atoms with van der Waals surface area (Å²) in [6, 6.07) is 6.29. The Bertz CT molecular complexity index is 1080. The summed E-state index contributed by atoms with van der Waals surface area (Å²) in [7, 11) is 0. The van der Waals surface area contributed by atoms with Crippen molar-refractivity contribution >= 4 is 34.9 Å². The number of benzene rings is 1. The van der Waals surface area contributed by atoms with Gasteiger partial charge in [-0.25, -0.2) is 4.39 Å². The lowest BCUT2D eigenvalue weighted by Gasteiger charge is -2.07. The molecule has 4 rings (SSSR count). The fourth-order valence-corrected chi connectivity index (χ4v) is 4.67. The molecule has 12 heteroatoms. The Morgan fingerprint density at radius 3 is 2.68 bits per heavy atom. The number of hydrogen-bond donors (Lipinski definition) is 2. The van der Waals surface area contributed by atoms with E-state index in [1.54, 1.807) is 12.1 Å². The van der Waals surface area contributed by atoms with Crippen LogP contribution in [0.1, 0.15) is 51.5 Å². The molecule has 1 saturated carbocycles. The maximum Gasteiger partial charge on any atom is 0.282 e. The first kappa shape index (κ1) is 21.4. The van der Waals surface area contributed by atoms with Crippen LogP contribution in [-0.2, 0) is 23.5 Å². The summed E-state index contributed by atoms with van der Waals surface area (Å²) in [4.78, 5) is 23.4. The first-order valence-electron chi connectivity index (χ1n) is 9.69. The second kappa shape index (κ2) is 9.52. The Kier molecular flexibility index (Phi) is 6.56. The zero-order chi connectivity index (χ0) is 21.8. The zero-order valence-electron chi connectivity index (χ0n) is 16.5. The number of nitrogens with zero attached hydrogens (tertiary/aromatic N) is 5. The van der Waals surface area contributed by atoms with Gasteiger partial charge in [0, 0.05) is 25.4 Å². The van der Waals surface area contributed by atoms with E-state index >= 15 is 0 Å². The molecule has 0 aliphatic heterocycles. The van der Waals surface area contributed by atoms with E-state index in [1.165, 1.54) is 35.2 Å². The third kappa shape index (κ3) is 5.64. The topological polar surface area (TPSA) is 129 Å². The summed E-state index contributed by atoms with van der Waals surface area (Å²) >= 11 is 2.69. The van der Waals surface area contributed by atoms with Gasteiger partial charge in [-0.05, 0) is 30.5 Å². The predicted molar refractivity (Wildman–Crippen MR) is 113 cm³/mol. The van der Waals surface area contributed by atoms with Crippen molar-refractivity contribution in [1.29, 1.82) is 0 Å². The minimum Gasteiger partial charge on any atom is -0.370 e. The lowest BCUT2D eigenvalue weighted by Crippen LogP contribution is -2.22. The van der Waals surface area contributed by atoms with Crippen molar-refractivity contribution in [1.82, 2.24) is 30.3 Å². The minimum atomic E-state index is -0.362. The molecule has 162 valence electrons. The Morgan fingerprint density at radius 1 is 1.19 bits per heavy atom. The number of aryl methyl sites for hydroxylation is 1. The fourth-order valence-electron chi connectivity index (χ4n) is 2.90. The quantitative estimate of drug-likeness (QED) is 0.443. The standard InChI is InChI=1S/C19H20FN7O2S2/c20-12-3-1-11(2-4-12)9-22-17(29)18-25-24-16(31-18)10-30-19-26-23-15(8-7-14(21)28)27(19)13-5-6-13/h1-4,13H,5-10H2,(H2,21,28)(H,22,29). The molecule has 31 heavy (non-hydrogen) atoms. The largest absolute Gasteiger partial charge is 0.370 e. The van der Waals surface area contributed by atoms with Crippen LogP contribution in [0.3, 0.4) is 0 Å². The van der Waals surface area contributed by atoms with E-state index in [1.807, 2.05) is 0 Å². The number of nitrogens with one attached hydrogen (secondary N) is 1. The molecule has 0 saturated heterocycles. The highest BCUT2D eigenvalue weighted by atomic mass is 32.2. The van der Waals surface area contributed by atoms with Gasteiger partial charge in [-0.15, -0.1) is 20.4 Å². The number of hydrogen-bond acceptors (Lipinski definition) is 8. The highest BCUT2D eigenvalue weighted by molar-refractivity contribution is 7.98. The first-order chi connectivity index (χ1) is 15.0. The molecule has 0 radical (unpaired) electrons.